The number of nitrogens with zero attached hydrogens (tertiary/aromatic N) is 2. The summed E-state index contributed by atoms with van der Waals surface area (Å²) in [7, 11) is 0. The molecule has 0 aliphatic heterocycles. The second kappa shape index (κ2) is 15.8. The van der Waals surface area contributed by atoms with Crippen LogP contribution in [0.2, 0.25) is 0 Å². The molecule has 0 saturated heterocycles. The molecular weight excluding hydrogens is 701 g/mol. The van der Waals surface area contributed by atoms with Gasteiger partial charge in [-0.05, 0) is 100 Å². The normalized spacial score (nSPS) is 16.0. The number of anilines is 5. The van der Waals surface area contributed by atoms with E-state index in [1.165, 1.54) is 60.9 Å². The van der Waals surface area contributed by atoms with Gasteiger partial charge in [-0.1, -0.05) is 176 Å². The minimum absolute atomic E-state index is 0.274. The molecule has 0 bridgehead atoms. The highest BCUT2D eigenvalue weighted by molar-refractivity contribution is 5.99. The van der Waals surface area contributed by atoms with Crippen molar-refractivity contribution in [3.05, 3.63) is 247 Å². The molecule has 58 heavy (non-hydrogen) atoms. The zero-order valence-electron chi connectivity index (χ0n) is 32.4. The summed E-state index contributed by atoms with van der Waals surface area (Å²) in [6.07, 6.45) is 17.9. The monoisotopic (exact) mass is 744 g/mol. The first-order valence-corrected chi connectivity index (χ1v) is 20.4. The van der Waals surface area contributed by atoms with E-state index < -0.39 is 0 Å². The number of allylic oxidation sites excluding steroid dienone is 7. The lowest BCUT2D eigenvalue weighted by Gasteiger charge is -2.30. The van der Waals surface area contributed by atoms with Crippen LogP contribution in [0.15, 0.2) is 236 Å². The molecule has 0 fully saturated rings. The van der Waals surface area contributed by atoms with Crippen LogP contribution in [-0.4, -0.2) is 0 Å². The summed E-state index contributed by atoms with van der Waals surface area (Å²) in [4.78, 5) is 4.83. The van der Waals surface area contributed by atoms with Gasteiger partial charge in [-0.3, -0.25) is 0 Å². The minimum Gasteiger partial charge on any atom is -0.310 e. The Hall–Kier alpha value is -7.16. The van der Waals surface area contributed by atoms with Gasteiger partial charge in [-0.25, -0.2) is 0 Å². The zero-order chi connectivity index (χ0) is 38.7. The lowest BCUT2D eigenvalue weighted by molar-refractivity contribution is 0.840. The van der Waals surface area contributed by atoms with Crippen LogP contribution in [0.25, 0.3) is 32.7 Å². The SMILES string of the molecule is C1=CCC(c2ccc(N(c3ccc(C4C=CC(N(c5ccc(-c6ccccc6)cc5)c5cccc6ccccc56)=CC4)cc3)c3cccc4ccccc34)cc2)C=C1. The summed E-state index contributed by atoms with van der Waals surface area (Å²) < 4.78 is 0. The fraction of sp³-hybridized carbons (Fsp3) is 0.0714. The molecule has 0 aromatic heterocycles. The van der Waals surface area contributed by atoms with E-state index in [1.54, 1.807) is 0 Å². The molecule has 0 radical (unpaired) electrons. The fourth-order valence-corrected chi connectivity index (χ4v) is 8.69. The summed E-state index contributed by atoms with van der Waals surface area (Å²) in [6.45, 7) is 0. The van der Waals surface area contributed by atoms with E-state index in [0.29, 0.717) is 5.92 Å². The largest absolute Gasteiger partial charge is 0.310 e. The molecule has 278 valence electrons. The van der Waals surface area contributed by atoms with Gasteiger partial charge in [0.15, 0.2) is 0 Å². The fourth-order valence-electron chi connectivity index (χ4n) is 8.69. The molecule has 10 rings (SSSR count). The van der Waals surface area contributed by atoms with Crippen LogP contribution in [0.4, 0.5) is 28.4 Å². The molecule has 2 unspecified atom stereocenters. The van der Waals surface area contributed by atoms with E-state index in [9.17, 15) is 0 Å². The van der Waals surface area contributed by atoms with Gasteiger partial charge in [0, 0.05) is 45.4 Å². The third-order valence-electron chi connectivity index (χ3n) is 11.7. The molecule has 0 spiro atoms. The van der Waals surface area contributed by atoms with E-state index in [-0.39, 0.29) is 5.92 Å². The standard InChI is InChI=1S/C56H44N2/c1-3-13-41(14-4-1)43-25-33-49(34-26-43)57(55-23-11-19-47-17-7-9-21-53(47)55)51-37-29-45(30-38-51)46-31-39-52(40-32-46)58(56-24-12-20-48-18-8-10-22-54(48)56)50-35-27-44(28-36-50)42-15-5-2-6-16-42/h1-15,17-29,31-40,42,45H,16,30H2. The average molecular weight is 745 g/mol. The molecule has 0 amide bonds. The van der Waals surface area contributed by atoms with Gasteiger partial charge < -0.3 is 9.80 Å². The van der Waals surface area contributed by atoms with Crippen molar-refractivity contribution in [2.45, 2.75) is 24.7 Å². The highest BCUT2D eigenvalue weighted by atomic mass is 15.2. The topological polar surface area (TPSA) is 6.48 Å². The maximum atomic E-state index is 2.42. The van der Waals surface area contributed by atoms with Crippen LogP contribution in [0.1, 0.15) is 35.8 Å². The number of benzene rings is 8. The maximum absolute atomic E-state index is 2.42. The van der Waals surface area contributed by atoms with E-state index in [2.05, 4.69) is 240 Å². The second-order valence-corrected chi connectivity index (χ2v) is 15.2. The molecule has 2 heteroatoms. The van der Waals surface area contributed by atoms with Gasteiger partial charge in [0.2, 0.25) is 0 Å². The van der Waals surface area contributed by atoms with Crippen LogP contribution < -0.4 is 9.80 Å². The van der Waals surface area contributed by atoms with Crippen molar-refractivity contribution in [3.63, 3.8) is 0 Å². The Bertz CT molecular complexity index is 2820. The van der Waals surface area contributed by atoms with Crippen LogP contribution in [0.3, 0.4) is 0 Å². The highest BCUT2D eigenvalue weighted by Gasteiger charge is 2.21. The Morgan fingerprint density at radius 2 is 0.879 bits per heavy atom. The summed E-state index contributed by atoms with van der Waals surface area (Å²) in [5, 5.41) is 4.93. The van der Waals surface area contributed by atoms with Gasteiger partial charge in [0.05, 0.1) is 11.4 Å². The Labute approximate surface area is 341 Å². The number of hydrogen-bond acceptors (Lipinski definition) is 2. The van der Waals surface area contributed by atoms with Crippen LogP contribution >= 0.6 is 0 Å². The number of rotatable bonds is 9. The molecule has 2 aliphatic rings. The molecule has 0 N–H and O–H groups in total. The van der Waals surface area contributed by atoms with Gasteiger partial charge in [-0.2, -0.15) is 0 Å². The molecule has 0 saturated carbocycles. The van der Waals surface area contributed by atoms with Crippen molar-refractivity contribution in [2.75, 3.05) is 9.80 Å². The average Bonchev–Trinajstić information content (AvgIpc) is 3.31. The molecule has 2 aliphatic carbocycles. The van der Waals surface area contributed by atoms with E-state index in [1.807, 2.05) is 0 Å². The van der Waals surface area contributed by atoms with Gasteiger partial charge in [-0.15, -0.1) is 0 Å². The Morgan fingerprint density at radius 3 is 1.45 bits per heavy atom. The molecule has 0 heterocycles. The van der Waals surface area contributed by atoms with Crippen LogP contribution in [0, 0.1) is 0 Å². The van der Waals surface area contributed by atoms with Crippen LogP contribution in [-0.2, 0) is 0 Å². The van der Waals surface area contributed by atoms with E-state index >= 15 is 0 Å². The molecular formula is C56H44N2. The van der Waals surface area contributed by atoms with E-state index in [0.717, 1.165) is 29.9 Å². The first kappa shape index (κ1) is 35.3. The van der Waals surface area contributed by atoms with Crippen molar-refractivity contribution in [1.29, 1.82) is 0 Å². The Balaban J connectivity index is 0.961. The molecule has 2 atom stereocenters. The predicted molar refractivity (Wildman–Crippen MR) is 247 cm³/mol. The number of hydrogen-bond donors (Lipinski definition) is 0. The van der Waals surface area contributed by atoms with Crippen molar-refractivity contribution >= 4 is 50.0 Å². The Morgan fingerprint density at radius 1 is 0.379 bits per heavy atom. The lowest BCUT2D eigenvalue weighted by atomic mass is 9.90. The quantitative estimate of drug-likeness (QED) is 0.145. The van der Waals surface area contributed by atoms with Gasteiger partial charge in [0.25, 0.3) is 0 Å². The molecule has 2 nitrogen and oxygen atoms in total. The minimum atomic E-state index is 0.274. The summed E-state index contributed by atoms with van der Waals surface area (Å²) in [5.74, 6) is 0.692. The molecule has 8 aromatic carbocycles. The Kier molecular flexibility index (Phi) is 9.59. The van der Waals surface area contributed by atoms with Crippen molar-refractivity contribution in [2.24, 2.45) is 0 Å². The summed E-state index contributed by atoms with van der Waals surface area (Å²) in [5.41, 5.74) is 12.1. The van der Waals surface area contributed by atoms with Crippen molar-refractivity contribution in [3.8, 4) is 11.1 Å². The van der Waals surface area contributed by atoms with Crippen molar-refractivity contribution in [1.82, 2.24) is 0 Å². The van der Waals surface area contributed by atoms with Crippen molar-refractivity contribution < 1.29 is 0 Å². The molecule has 8 aromatic rings. The number of fused-ring (bicyclic) bond motifs is 2. The highest BCUT2D eigenvalue weighted by Crippen LogP contribution is 2.42. The predicted octanol–water partition coefficient (Wildman–Crippen LogP) is 15.5. The first-order chi connectivity index (χ1) is 28.8. The van der Waals surface area contributed by atoms with Gasteiger partial charge >= 0.3 is 0 Å². The zero-order valence-corrected chi connectivity index (χ0v) is 32.4. The third-order valence-corrected chi connectivity index (χ3v) is 11.7. The van der Waals surface area contributed by atoms with Gasteiger partial charge in [0.1, 0.15) is 0 Å². The second-order valence-electron chi connectivity index (χ2n) is 15.2. The summed E-state index contributed by atoms with van der Waals surface area (Å²) >= 11 is 0. The summed E-state index contributed by atoms with van der Waals surface area (Å²) in [6, 6.07) is 68.6. The van der Waals surface area contributed by atoms with Crippen LogP contribution in [0.5, 0.6) is 0 Å². The first-order valence-electron chi connectivity index (χ1n) is 20.4. The van der Waals surface area contributed by atoms with E-state index in [4.69, 9.17) is 0 Å². The lowest BCUT2D eigenvalue weighted by Crippen LogP contribution is -2.17. The third kappa shape index (κ3) is 6.95. The smallest absolute Gasteiger partial charge is 0.0540 e. The maximum Gasteiger partial charge on any atom is 0.0540 e.